The van der Waals surface area contributed by atoms with Gasteiger partial charge < -0.3 is 5.32 Å². The summed E-state index contributed by atoms with van der Waals surface area (Å²) in [5, 5.41) is 3.47. The Morgan fingerprint density at radius 3 is 2.44 bits per heavy atom. The second-order valence-electron chi connectivity index (χ2n) is 4.76. The molecule has 1 atom stereocenters. The van der Waals surface area contributed by atoms with Crippen molar-refractivity contribution in [3.05, 3.63) is 0 Å². The summed E-state index contributed by atoms with van der Waals surface area (Å²) < 4.78 is 24.2. The number of rotatable bonds is 3. The summed E-state index contributed by atoms with van der Waals surface area (Å²) in [6.07, 6.45) is 3.82. The zero-order valence-electron chi connectivity index (χ0n) is 9.85. The molecule has 0 unspecified atom stereocenters. The molecule has 5 nitrogen and oxygen atoms in total. The molecule has 2 rings (SSSR count). The van der Waals surface area contributed by atoms with Crippen LogP contribution in [0.5, 0.6) is 0 Å². The van der Waals surface area contributed by atoms with Gasteiger partial charge in [0.15, 0.2) is 0 Å². The third kappa shape index (κ3) is 3.16. The average molecular weight is 247 g/mol. The van der Waals surface area contributed by atoms with Crippen LogP contribution >= 0.6 is 0 Å². The minimum Gasteiger partial charge on any atom is -0.313 e. The van der Waals surface area contributed by atoms with E-state index in [1.165, 1.54) is 19.1 Å². The van der Waals surface area contributed by atoms with Gasteiger partial charge in [-0.3, -0.25) is 4.90 Å². The highest BCUT2D eigenvalue weighted by molar-refractivity contribution is 7.88. The monoisotopic (exact) mass is 247 g/mol. The molecule has 2 aliphatic rings. The van der Waals surface area contributed by atoms with Gasteiger partial charge in [0, 0.05) is 38.8 Å². The summed E-state index contributed by atoms with van der Waals surface area (Å²) in [4.78, 5) is 2.37. The summed E-state index contributed by atoms with van der Waals surface area (Å²) in [6, 6.07) is 0.616. The molecule has 94 valence electrons. The van der Waals surface area contributed by atoms with Crippen LogP contribution < -0.4 is 5.32 Å². The Morgan fingerprint density at radius 2 is 1.94 bits per heavy atom. The molecule has 0 aliphatic carbocycles. The first-order valence-electron chi connectivity index (χ1n) is 5.96. The van der Waals surface area contributed by atoms with Gasteiger partial charge in [0.2, 0.25) is 10.0 Å². The first kappa shape index (κ1) is 12.3. The smallest absolute Gasteiger partial charge is 0.211 e. The van der Waals surface area contributed by atoms with Gasteiger partial charge >= 0.3 is 0 Å². The Hall–Kier alpha value is -0.170. The van der Waals surface area contributed by atoms with Gasteiger partial charge in [-0.25, -0.2) is 8.42 Å². The van der Waals surface area contributed by atoms with Crippen molar-refractivity contribution in [2.75, 3.05) is 45.5 Å². The number of nitrogens with zero attached hydrogens (tertiary/aromatic N) is 2. The lowest BCUT2D eigenvalue weighted by molar-refractivity contribution is 0.176. The zero-order chi connectivity index (χ0) is 11.6. The maximum atomic E-state index is 11.3. The molecule has 0 amide bonds. The van der Waals surface area contributed by atoms with E-state index in [1.807, 2.05) is 0 Å². The highest BCUT2D eigenvalue weighted by Gasteiger charge is 2.25. The van der Waals surface area contributed by atoms with Crippen LogP contribution in [-0.2, 0) is 10.0 Å². The van der Waals surface area contributed by atoms with Crippen LogP contribution in [0.1, 0.15) is 12.8 Å². The molecule has 0 saturated carbocycles. The maximum Gasteiger partial charge on any atom is 0.211 e. The quantitative estimate of drug-likeness (QED) is 0.718. The summed E-state index contributed by atoms with van der Waals surface area (Å²) >= 11 is 0. The molecule has 2 aliphatic heterocycles. The highest BCUT2D eigenvalue weighted by atomic mass is 32.2. The largest absolute Gasteiger partial charge is 0.313 e. The molecule has 0 aromatic rings. The molecule has 6 heteroatoms. The second-order valence-corrected chi connectivity index (χ2v) is 6.74. The Balaban J connectivity index is 1.76. The van der Waals surface area contributed by atoms with Gasteiger partial charge in [-0.15, -0.1) is 0 Å². The Kier molecular flexibility index (Phi) is 3.84. The molecule has 0 aromatic heterocycles. The van der Waals surface area contributed by atoms with E-state index in [9.17, 15) is 8.42 Å². The lowest BCUT2D eigenvalue weighted by Gasteiger charge is -2.34. The third-order valence-electron chi connectivity index (χ3n) is 3.44. The molecule has 16 heavy (non-hydrogen) atoms. The van der Waals surface area contributed by atoms with Crippen molar-refractivity contribution in [2.45, 2.75) is 18.9 Å². The van der Waals surface area contributed by atoms with Crippen LogP contribution in [0, 0.1) is 0 Å². The van der Waals surface area contributed by atoms with Gasteiger partial charge in [-0.05, 0) is 19.4 Å². The van der Waals surface area contributed by atoms with Crippen molar-refractivity contribution >= 4 is 10.0 Å². The van der Waals surface area contributed by atoms with Crippen LogP contribution in [0.3, 0.4) is 0 Å². The van der Waals surface area contributed by atoms with E-state index in [-0.39, 0.29) is 0 Å². The van der Waals surface area contributed by atoms with Crippen LogP contribution in [0.25, 0.3) is 0 Å². The lowest BCUT2D eigenvalue weighted by atomic mass is 10.2. The topological polar surface area (TPSA) is 52.7 Å². The van der Waals surface area contributed by atoms with Crippen molar-refractivity contribution < 1.29 is 8.42 Å². The first-order chi connectivity index (χ1) is 7.55. The fraction of sp³-hybridized carbons (Fsp3) is 1.00. The van der Waals surface area contributed by atoms with E-state index in [1.54, 1.807) is 4.31 Å². The average Bonchev–Trinajstić information content (AvgIpc) is 2.70. The molecule has 2 saturated heterocycles. The van der Waals surface area contributed by atoms with Crippen LogP contribution in [0.2, 0.25) is 0 Å². The van der Waals surface area contributed by atoms with Crippen molar-refractivity contribution in [3.63, 3.8) is 0 Å². The van der Waals surface area contributed by atoms with Gasteiger partial charge in [0.25, 0.3) is 0 Å². The predicted molar refractivity (Wildman–Crippen MR) is 63.9 cm³/mol. The second kappa shape index (κ2) is 5.00. The van der Waals surface area contributed by atoms with E-state index in [0.29, 0.717) is 19.1 Å². The summed E-state index contributed by atoms with van der Waals surface area (Å²) in [6.45, 7) is 5.22. The Labute approximate surface area is 97.8 Å². The first-order valence-corrected chi connectivity index (χ1v) is 7.81. The predicted octanol–water partition coefficient (Wildman–Crippen LogP) is -0.684. The molecular formula is C10H21N3O2S. The lowest BCUT2D eigenvalue weighted by Crippen LogP contribution is -2.51. The number of hydrogen-bond acceptors (Lipinski definition) is 4. The molecule has 1 N–H and O–H groups in total. The fourth-order valence-corrected chi connectivity index (χ4v) is 3.29. The third-order valence-corrected chi connectivity index (χ3v) is 4.74. The molecular weight excluding hydrogens is 226 g/mol. The van der Waals surface area contributed by atoms with E-state index in [0.717, 1.165) is 26.2 Å². The van der Waals surface area contributed by atoms with Crippen LogP contribution in [0.4, 0.5) is 0 Å². The molecule has 2 heterocycles. The van der Waals surface area contributed by atoms with Gasteiger partial charge in [0.1, 0.15) is 0 Å². The van der Waals surface area contributed by atoms with Crippen LogP contribution in [-0.4, -0.2) is 69.2 Å². The zero-order valence-corrected chi connectivity index (χ0v) is 10.7. The van der Waals surface area contributed by atoms with Crippen LogP contribution in [0.15, 0.2) is 0 Å². The van der Waals surface area contributed by atoms with E-state index in [2.05, 4.69) is 10.2 Å². The van der Waals surface area contributed by atoms with Gasteiger partial charge in [-0.2, -0.15) is 4.31 Å². The highest BCUT2D eigenvalue weighted by Crippen LogP contribution is 2.10. The van der Waals surface area contributed by atoms with Crippen molar-refractivity contribution in [1.82, 2.24) is 14.5 Å². The van der Waals surface area contributed by atoms with Gasteiger partial charge in [-0.1, -0.05) is 0 Å². The maximum absolute atomic E-state index is 11.3. The number of hydrogen-bond donors (Lipinski definition) is 1. The summed E-state index contributed by atoms with van der Waals surface area (Å²) in [7, 11) is -2.99. The van der Waals surface area contributed by atoms with E-state index >= 15 is 0 Å². The van der Waals surface area contributed by atoms with Gasteiger partial charge in [0.05, 0.1) is 6.26 Å². The van der Waals surface area contributed by atoms with Crippen molar-refractivity contribution in [2.24, 2.45) is 0 Å². The molecule has 0 spiro atoms. The number of nitrogens with one attached hydrogen (secondary N) is 1. The Bertz CT molecular complexity index is 317. The normalized spacial score (nSPS) is 29.7. The van der Waals surface area contributed by atoms with E-state index < -0.39 is 10.0 Å². The Morgan fingerprint density at radius 1 is 1.25 bits per heavy atom. The van der Waals surface area contributed by atoms with E-state index in [4.69, 9.17) is 0 Å². The minimum atomic E-state index is -2.99. The minimum absolute atomic E-state index is 0.616. The summed E-state index contributed by atoms with van der Waals surface area (Å²) in [5.74, 6) is 0. The SMILES string of the molecule is CS(=O)(=O)N1CCN(C[C@H]2CCCN2)CC1. The molecule has 0 bridgehead atoms. The number of sulfonamides is 1. The van der Waals surface area contributed by atoms with Crippen molar-refractivity contribution in [3.8, 4) is 0 Å². The molecule has 0 aromatic carbocycles. The standard InChI is InChI=1S/C10H21N3O2S/c1-16(14,15)13-7-5-12(6-8-13)9-10-3-2-4-11-10/h10-11H,2-9H2,1H3/t10-/m1/s1. The fourth-order valence-electron chi connectivity index (χ4n) is 2.47. The molecule has 0 radical (unpaired) electrons. The summed E-state index contributed by atoms with van der Waals surface area (Å²) in [5.41, 5.74) is 0. The molecule has 2 fully saturated rings. The number of piperazine rings is 1. The van der Waals surface area contributed by atoms with Crippen molar-refractivity contribution in [1.29, 1.82) is 0 Å².